The van der Waals surface area contributed by atoms with Crippen molar-refractivity contribution in [3.8, 4) is 0 Å². The number of hydrogen-bond donors (Lipinski definition) is 12. The molecule has 6 unspecified atom stereocenters. The number of aliphatic hydroxyl groups excluding tert-OH is 12. The van der Waals surface area contributed by atoms with Crippen LogP contribution in [0.2, 0.25) is 0 Å². The van der Waals surface area contributed by atoms with Crippen LogP contribution in [0.1, 0.15) is 77.0 Å². The van der Waals surface area contributed by atoms with Crippen molar-refractivity contribution < 1.29 is 66.0 Å². The Labute approximate surface area is 255 Å². The van der Waals surface area contributed by atoms with Crippen molar-refractivity contribution in [2.75, 3.05) is 39.6 Å². The van der Waals surface area contributed by atoms with Gasteiger partial charge in [-0.05, 0) is 89.2 Å². The van der Waals surface area contributed by atoms with Gasteiger partial charge in [0.15, 0.2) is 0 Å². The minimum Gasteiger partial charge on any atom is -0.473 e. The van der Waals surface area contributed by atoms with Crippen LogP contribution in [0, 0.1) is 10.8 Å². The molecule has 0 aromatic heterocycles. The van der Waals surface area contributed by atoms with Gasteiger partial charge in [0.1, 0.15) is 0 Å². The molecule has 0 heterocycles. The number of aliphatic hydroxyl groups is 12. The van der Waals surface area contributed by atoms with E-state index >= 15 is 0 Å². The highest BCUT2D eigenvalue weighted by atomic mass is 16.5. The molecule has 13 nitrogen and oxygen atoms in total. The fourth-order valence-corrected chi connectivity index (χ4v) is 5.57. The lowest BCUT2D eigenvalue weighted by Gasteiger charge is -2.43. The van der Waals surface area contributed by atoms with Gasteiger partial charge in [0.05, 0.1) is 60.0 Å². The van der Waals surface area contributed by atoms with E-state index in [2.05, 4.69) is 0 Å². The maximum Gasteiger partial charge on any atom is 0.0869 e. The summed E-state index contributed by atoms with van der Waals surface area (Å²) in [5.41, 5.74) is -3.43. The topological polar surface area (TPSA) is 252 Å². The second-order valence-electron chi connectivity index (χ2n) is 11.0. The van der Waals surface area contributed by atoms with E-state index in [-0.39, 0.29) is 117 Å². The molecule has 0 aliphatic rings. The van der Waals surface area contributed by atoms with Crippen LogP contribution < -0.4 is 0 Å². The minimum absolute atomic E-state index is 0.0112. The van der Waals surface area contributed by atoms with E-state index in [0.29, 0.717) is 0 Å². The first-order valence-corrected chi connectivity index (χ1v) is 15.3. The summed E-state index contributed by atoms with van der Waals surface area (Å²) in [5.74, 6) is 0. The van der Waals surface area contributed by atoms with Gasteiger partial charge in [-0.25, -0.2) is 0 Å². The average molecular weight is 627 g/mol. The third kappa shape index (κ3) is 13.0. The van der Waals surface area contributed by atoms with Crippen molar-refractivity contribution in [3.05, 3.63) is 24.7 Å². The van der Waals surface area contributed by atoms with Gasteiger partial charge in [0, 0.05) is 39.6 Å². The Morgan fingerprint density at radius 2 is 0.558 bits per heavy atom. The van der Waals surface area contributed by atoms with Gasteiger partial charge >= 0.3 is 0 Å². The highest BCUT2D eigenvalue weighted by Gasteiger charge is 2.49. The quantitative estimate of drug-likeness (QED) is 0.0457. The van der Waals surface area contributed by atoms with Crippen LogP contribution in [0.15, 0.2) is 24.7 Å². The van der Waals surface area contributed by atoms with Gasteiger partial charge in [0.2, 0.25) is 0 Å². The Bertz CT molecular complexity index is 590. The summed E-state index contributed by atoms with van der Waals surface area (Å²) in [6.45, 7) is -1.46. The molecule has 0 aromatic rings. The molecule has 0 aliphatic heterocycles. The van der Waals surface area contributed by atoms with Crippen molar-refractivity contribution in [2.24, 2.45) is 10.8 Å². The molecule has 0 spiro atoms. The molecule has 0 radical (unpaired) electrons. The zero-order valence-electron chi connectivity index (χ0n) is 25.3. The summed E-state index contributed by atoms with van der Waals surface area (Å²) in [7, 11) is 0. The molecule has 0 bridgehead atoms. The van der Waals surface area contributed by atoms with E-state index in [1.807, 2.05) is 0 Å². The third-order valence-electron chi connectivity index (χ3n) is 8.15. The van der Waals surface area contributed by atoms with E-state index in [1.54, 1.807) is 0 Å². The third-order valence-corrected chi connectivity index (χ3v) is 8.15. The highest BCUT2D eigenvalue weighted by Crippen LogP contribution is 2.41. The lowest BCUT2D eigenvalue weighted by Crippen LogP contribution is -2.52. The zero-order valence-corrected chi connectivity index (χ0v) is 25.3. The van der Waals surface area contributed by atoms with Crippen molar-refractivity contribution in [1.82, 2.24) is 0 Å². The molecule has 0 rings (SSSR count). The van der Waals surface area contributed by atoms with Crippen LogP contribution in [0.4, 0.5) is 0 Å². The Balaban J connectivity index is 6.60. The van der Waals surface area contributed by atoms with Gasteiger partial charge in [0.25, 0.3) is 0 Å². The van der Waals surface area contributed by atoms with Crippen molar-refractivity contribution in [1.29, 1.82) is 0 Å². The predicted molar refractivity (Wildman–Crippen MR) is 158 cm³/mol. The summed E-state index contributed by atoms with van der Waals surface area (Å²) >= 11 is 0. The van der Waals surface area contributed by atoms with E-state index < -0.39 is 47.5 Å². The standard InChI is InChI=1S/C30H58O13/c31-15-1-7-23(37)29(24(38)8-2-16-32,25(39)9-3-17-33)13-21-43-22-14-30(26(40)10-4-18-34,27(41)11-5-19-35)28(42)12-6-20-36/h13-14,21-28,31-42H,1-12,15-20H2. The summed E-state index contributed by atoms with van der Waals surface area (Å²) in [5, 5.41) is 123. The van der Waals surface area contributed by atoms with Crippen LogP contribution in [-0.4, -0.2) is 138 Å². The average Bonchev–Trinajstić information content (AvgIpc) is 3.01. The molecular weight excluding hydrogens is 568 g/mol. The second kappa shape index (κ2) is 24.1. The molecule has 0 fully saturated rings. The Hall–Kier alpha value is -1.20. The fourth-order valence-electron chi connectivity index (χ4n) is 5.57. The molecule has 0 amide bonds. The monoisotopic (exact) mass is 626 g/mol. The molecule has 12 N–H and O–H groups in total. The van der Waals surface area contributed by atoms with E-state index in [9.17, 15) is 61.3 Å². The van der Waals surface area contributed by atoms with E-state index in [0.717, 1.165) is 12.5 Å². The fraction of sp³-hybridized carbons (Fsp3) is 0.867. The number of hydrogen-bond acceptors (Lipinski definition) is 13. The van der Waals surface area contributed by atoms with Crippen molar-refractivity contribution in [3.63, 3.8) is 0 Å². The maximum absolute atomic E-state index is 11.1. The van der Waals surface area contributed by atoms with E-state index in [1.165, 1.54) is 12.2 Å². The Morgan fingerprint density at radius 1 is 0.372 bits per heavy atom. The van der Waals surface area contributed by atoms with Crippen LogP contribution in [0.25, 0.3) is 0 Å². The van der Waals surface area contributed by atoms with Crippen molar-refractivity contribution >= 4 is 0 Å². The summed E-state index contributed by atoms with van der Waals surface area (Å²) in [6.07, 6.45) is -2.32. The predicted octanol–water partition coefficient (Wildman–Crippen LogP) is -1.20. The van der Waals surface area contributed by atoms with Crippen LogP contribution in [-0.2, 0) is 4.74 Å². The molecule has 0 saturated carbocycles. The molecule has 0 aliphatic carbocycles. The first kappa shape index (κ1) is 41.8. The molecule has 0 saturated heterocycles. The van der Waals surface area contributed by atoms with Crippen molar-refractivity contribution in [2.45, 2.75) is 114 Å². The Kier molecular flexibility index (Phi) is 23.4. The molecule has 0 aromatic carbocycles. The SMILES string of the molecule is OCCCC(O)C(C=COC=CC(C(O)CCCO)(C(O)CCCO)C(O)CCCO)(C(O)CCCO)C(O)CCCO. The Morgan fingerprint density at radius 3 is 0.721 bits per heavy atom. The smallest absolute Gasteiger partial charge is 0.0869 e. The van der Waals surface area contributed by atoms with Gasteiger partial charge in [-0.2, -0.15) is 0 Å². The van der Waals surface area contributed by atoms with Gasteiger partial charge in [-0.15, -0.1) is 0 Å². The summed E-state index contributed by atoms with van der Waals surface area (Å²) in [4.78, 5) is 0. The maximum atomic E-state index is 11.1. The zero-order chi connectivity index (χ0) is 32.7. The van der Waals surface area contributed by atoms with Crippen LogP contribution in [0.5, 0.6) is 0 Å². The highest BCUT2D eigenvalue weighted by molar-refractivity contribution is 5.13. The summed E-state index contributed by atoms with van der Waals surface area (Å²) < 4.78 is 5.55. The summed E-state index contributed by atoms with van der Waals surface area (Å²) in [6, 6.07) is 0. The molecule has 13 heteroatoms. The normalized spacial score (nSPS) is 19.5. The van der Waals surface area contributed by atoms with E-state index in [4.69, 9.17) is 4.74 Å². The van der Waals surface area contributed by atoms with Crippen LogP contribution in [0.3, 0.4) is 0 Å². The van der Waals surface area contributed by atoms with Crippen LogP contribution >= 0.6 is 0 Å². The first-order valence-electron chi connectivity index (χ1n) is 15.3. The first-order chi connectivity index (χ1) is 20.6. The molecule has 6 atom stereocenters. The largest absolute Gasteiger partial charge is 0.473 e. The lowest BCUT2D eigenvalue weighted by atomic mass is 9.68. The van der Waals surface area contributed by atoms with Gasteiger partial charge in [-0.1, -0.05) is 0 Å². The molecule has 256 valence electrons. The second-order valence-corrected chi connectivity index (χ2v) is 11.0. The number of ether oxygens (including phenoxy) is 1. The van der Waals surface area contributed by atoms with Gasteiger partial charge < -0.3 is 66.0 Å². The molecule has 43 heavy (non-hydrogen) atoms. The van der Waals surface area contributed by atoms with Gasteiger partial charge in [-0.3, -0.25) is 0 Å². The number of rotatable bonds is 28. The lowest BCUT2D eigenvalue weighted by molar-refractivity contribution is -0.120. The minimum atomic E-state index is -1.72. The molecular formula is C30H58O13.